The number of hydrogen-bond acceptors (Lipinski definition) is 3. The van der Waals surface area contributed by atoms with Crippen LogP contribution in [0.4, 0.5) is 0 Å². The quantitative estimate of drug-likeness (QED) is 0.807. The van der Waals surface area contributed by atoms with Gasteiger partial charge in [0, 0.05) is 24.7 Å². The van der Waals surface area contributed by atoms with Gasteiger partial charge < -0.3 is 5.11 Å². The number of likely N-dealkylation sites (tertiary alicyclic amines) is 1. The van der Waals surface area contributed by atoms with Crippen molar-refractivity contribution in [1.29, 1.82) is 0 Å². The highest BCUT2D eigenvalue weighted by molar-refractivity contribution is 5.77. The summed E-state index contributed by atoms with van der Waals surface area (Å²) in [5.74, 6) is -0.738. The van der Waals surface area contributed by atoms with E-state index < -0.39 is 11.5 Å². The molecule has 1 aliphatic carbocycles. The van der Waals surface area contributed by atoms with Gasteiger partial charge in [-0.05, 0) is 47.1 Å². The maximum absolute atomic E-state index is 11.3. The maximum Gasteiger partial charge on any atom is 0.323 e. The molecule has 0 radical (unpaired) electrons. The van der Waals surface area contributed by atoms with Crippen LogP contribution < -0.4 is 0 Å². The smallest absolute Gasteiger partial charge is 0.323 e. The van der Waals surface area contributed by atoms with Gasteiger partial charge in [0.25, 0.3) is 0 Å². The van der Waals surface area contributed by atoms with Crippen molar-refractivity contribution in [3.63, 3.8) is 0 Å². The van der Waals surface area contributed by atoms with Crippen molar-refractivity contribution in [1.82, 2.24) is 9.80 Å². The Hall–Kier alpha value is -0.610. The lowest BCUT2D eigenvalue weighted by atomic mass is 10.0. The zero-order valence-electron chi connectivity index (χ0n) is 11.3. The first kappa shape index (κ1) is 12.8. The van der Waals surface area contributed by atoms with Crippen LogP contribution in [0.3, 0.4) is 0 Å². The van der Waals surface area contributed by atoms with Gasteiger partial charge in [0.15, 0.2) is 0 Å². The second kappa shape index (κ2) is 4.25. The number of nitrogens with zero attached hydrogens (tertiary/aromatic N) is 2. The zero-order chi connectivity index (χ0) is 12.8. The number of carboxylic acids is 1. The SMILES string of the molecule is CC1CC(N(C)C(C)(C)C(=O)O)CN1C1CC1. The molecule has 0 aromatic carbocycles. The highest BCUT2D eigenvalue weighted by atomic mass is 16.4. The van der Waals surface area contributed by atoms with E-state index in [9.17, 15) is 9.90 Å². The Morgan fingerprint density at radius 1 is 1.41 bits per heavy atom. The highest BCUT2D eigenvalue weighted by Crippen LogP contribution is 2.35. The van der Waals surface area contributed by atoms with Gasteiger partial charge in [-0.25, -0.2) is 0 Å². The fraction of sp³-hybridized carbons (Fsp3) is 0.923. The molecule has 0 bridgehead atoms. The van der Waals surface area contributed by atoms with Crippen molar-refractivity contribution >= 4 is 5.97 Å². The van der Waals surface area contributed by atoms with E-state index in [1.807, 2.05) is 11.9 Å². The third kappa shape index (κ3) is 2.33. The minimum atomic E-state index is -0.774. The highest BCUT2D eigenvalue weighted by Gasteiger charge is 2.44. The van der Waals surface area contributed by atoms with Crippen LogP contribution in [0.2, 0.25) is 0 Å². The molecule has 98 valence electrons. The Labute approximate surface area is 104 Å². The van der Waals surface area contributed by atoms with Crippen LogP contribution in [-0.4, -0.2) is 58.1 Å². The largest absolute Gasteiger partial charge is 0.480 e. The van der Waals surface area contributed by atoms with Crippen LogP contribution in [0.5, 0.6) is 0 Å². The molecule has 2 rings (SSSR count). The summed E-state index contributed by atoms with van der Waals surface area (Å²) in [4.78, 5) is 15.9. The van der Waals surface area contributed by atoms with E-state index >= 15 is 0 Å². The lowest BCUT2D eigenvalue weighted by molar-refractivity contribution is -0.149. The summed E-state index contributed by atoms with van der Waals surface area (Å²) in [7, 11) is 1.95. The summed E-state index contributed by atoms with van der Waals surface area (Å²) >= 11 is 0. The molecular formula is C13H24N2O2. The van der Waals surface area contributed by atoms with Gasteiger partial charge >= 0.3 is 5.97 Å². The summed E-state index contributed by atoms with van der Waals surface area (Å²) in [5.41, 5.74) is -0.774. The van der Waals surface area contributed by atoms with Crippen LogP contribution in [0.1, 0.15) is 40.0 Å². The summed E-state index contributed by atoms with van der Waals surface area (Å²) < 4.78 is 0. The molecule has 2 atom stereocenters. The van der Waals surface area contributed by atoms with Crippen molar-refractivity contribution in [3.05, 3.63) is 0 Å². The average Bonchev–Trinajstić information content (AvgIpc) is 3.01. The van der Waals surface area contributed by atoms with E-state index in [1.165, 1.54) is 12.8 Å². The molecule has 1 N–H and O–H groups in total. The van der Waals surface area contributed by atoms with Crippen molar-refractivity contribution in [2.45, 2.75) is 63.7 Å². The van der Waals surface area contributed by atoms with Crippen LogP contribution >= 0.6 is 0 Å². The van der Waals surface area contributed by atoms with Gasteiger partial charge in [-0.2, -0.15) is 0 Å². The zero-order valence-corrected chi connectivity index (χ0v) is 11.3. The molecule has 2 fully saturated rings. The summed E-state index contributed by atoms with van der Waals surface area (Å²) in [5, 5.41) is 9.27. The summed E-state index contributed by atoms with van der Waals surface area (Å²) in [6.07, 6.45) is 3.73. The molecule has 4 nitrogen and oxygen atoms in total. The van der Waals surface area contributed by atoms with Gasteiger partial charge in [-0.3, -0.25) is 14.6 Å². The van der Waals surface area contributed by atoms with Gasteiger partial charge in [0.1, 0.15) is 5.54 Å². The topological polar surface area (TPSA) is 43.8 Å². The van der Waals surface area contributed by atoms with Gasteiger partial charge in [0.05, 0.1) is 0 Å². The van der Waals surface area contributed by atoms with Crippen molar-refractivity contribution < 1.29 is 9.90 Å². The Bertz CT molecular complexity index is 313. The van der Waals surface area contributed by atoms with Gasteiger partial charge in [-0.15, -0.1) is 0 Å². The number of carbonyl (C=O) groups is 1. The van der Waals surface area contributed by atoms with Gasteiger partial charge in [-0.1, -0.05) is 0 Å². The van der Waals surface area contributed by atoms with E-state index in [0.29, 0.717) is 12.1 Å². The molecule has 4 heteroatoms. The number of likely N-dealkylation sites (N-methyl/N-ethyl adjacent to an activating group) is 1. The van der Waals surface area contributed by atoms with E-state index in [2.05, 4.69) is 11.8 Å². The lowest BCUT2D eigenvalue weighted by Gasteiger charge is -2.36. The molecular weight excluding hydrogens is 216 g/mol. The molecule has 1 heterocycles. The minimum Gasteiger partial charge on any atom is -0.480 e. The van der Waals surface area contributed by atoms with Crippen molar-refractivity contribution in [2.75, 3.05) is 13.6 Å². The third-order valence-corrected chi connectivity index (χ3v) is 4.57. The van der Waals surface area contributed by atoms with Crippen molar-refractivity contribution in [2.24, 2.45) is 0 Å². The Balaban J connectivity index is 2.01. The van der Waals surface area contributed by atoms with Crippen LogP contribution in [0.25, 0.3) is 0 Å². The molecule has 0 aromatic heterocycles. The molecule has 2 aliphatic rings. The summed E-state index contributed by atoms with van der Waals surface area (Å²) in [6.45, 7) is 6.87. The first-order chi connectivity index (χ1) is 7.84. The van der Waals surface area contributed by atoms with E-state index in [-0.39, 0.29) is 0 Å². The van der Waals surface area contributed by atoms with Gasteiger partial charge in [0.2, 0.25) is 0 Å². The minimum absolute atomic E-state index is 0.372. The Kier molecular flexibility index (Phi) is 3.21. The number of aliphatic carboxylic acids is 1. The Morgan fingerprint density at radius 3 is 2.47 bits per heavy atom. The average molecular weight is 240 g/mol. The van der Waals surface area contributed by atoms with E-state index in [4.69, 9.17) is 0 Å². The number of rotatable bonds is 4. The third-order valence-electron chi connectivity index (χ3n) is 4.57. The normalized spacial score (nSPS) is 31.1. The molecule has 1 saturated heterocycles. The fourth-order valence-electron chi connectivity index (χ4n) is 2.83. The number of carboxylic acid groups (broad SMARTS) is 1. The van der Waals surface area contributed by atoms with Crippen LogP contribution in [-0.2, 0) is 4.79 Å². The van der Waals surface area contributed by atoms with E-state index in [1.54, 1.807) is 13.8 Å². The standard InChI is InChI=1S/C13H24N2O2/c1-9-7-11(8-15(9)10-5-6-10)14(4)13(2,3)12(16)17/h9-11H,5-8H2,1-4H3,(H,16,17). The number of hydrogen-bond donors (Lipinski definition) is 1. The molecule has 0 amide bonds. The predicted molar refractivity (Wildman–Crippen MR) is 67.1 cm³/mol. The first-order valence-electron chi connectivity index (χ1n) is 6.56. The molecule has 0 aromatic rings. The maximum atomic E-state index is 11.3. The molecule has 1 aliphatic heterocycles. The van der Waals surface area contributed by atoms with Crippen LogP contribution in [0, 0.1) is 0 Å². The molecule has 0 spiro atoms. The molecule has 17 heavy (non-hydrogen) atoms. The first-order valence-corrected chi connectivity index (χ1v) is 6.56. The van der Waals surface area contributed by atoms with E-state index in [0.717, 1.165) is 19.0 Å². The Morgan fingerprint density at radius 2 is 2.00 bits per heavy atom. The van der Waals surface area contributed by atoms with Crippen LogP contribution in [0.15, 0.2) is 0 Å². The lowest BCUT2D eigenvalue weighted by Crippen LogP contribution is -2.53. The predicted octanol–water partition coefficient (Wildman–Crippen LogP) is 1.41. The fourth-order valence-corrected chi connectivity index (χ4v) is 2.83. The van der Waals surface area contributed by atoms with Crippen molar-refractivity contribution in [3.8, 4) is 0 Å². The second-order valence-electron chi connectivity index (χ2n) is 6.14. The molecule has 1 saturated carbocycles. The monoisotopic (exact) mass is 240 g/mol. The second-order valence-corrected chi connectivity index (χ2v) is 6.14. The summed E-state index contributed by atoms with van der Waals surface area (Å²) in [6, 6.07) is 1.74. The molecule has 2 unspecified atom stereocenters.